The Hall–Kier alpha value is 1.26. The van der Waals surface area contributed by atoms with E-state index < -0.39 is 16.4 Å². The van der Waals surface area contributed by atoms with Gasteiger partial charge in [0.2, 0.25) is 0 Å². The van der Waals surface area contributed by atoms with Crippen LogP contribution in [0.5, 0.6) is 0 Å². The van der Waals surface area contributed by atoms with Crippen molar-refractivity contribution in [3.8, 4) is 0 Å². The minimum atomic E-state index is -5.11. The number of hydrogen-bond acceptors (Lipinski definition) is 7. The van der Waals surface area contributed by atoms with Gasteiger partial charge in [-0.05, 0) is 0 Å². The SMILES string of the molecule is OB(O)O.[Ca+2].[O-][Si]([O-])(O)O. The maximum atomic E-state index is 8.80. The Morgan fingerprint density at radius 1 is 1.00 bits per heavy atom. The molecular weight excluding hydrogens is 191 g/mol. The molecule has 0 fully saturated rings. The predicted molar refractivity (Wildman–Crippen MR) is 28.4 cm³/mol. The average molecular weight is 196 g/mol. The van der Waals surface area contributed by atoms with Crippen LogP contribution in [-0.4, -0.2) is 78.8 Å². The summed E-state index contributed by atoms with van der Waals surface area (Å²) in [6, 6.07) is 0. The van der Waals surface area contributed by atoms with Crippen LogP contribution >= 0.6 is 0 Å². The Kier molecular flexibility index (Phi) is 14.5. The normalized spacial score (nSPS) is 8.70. The van der Waals surface area contributed by atoms with E-state index in [0.717, 1.165) is 0 Å². The van der Waals surface area contributed by atoms with Crippen LogP contribution in [0.4, 0.5) is 0 Å². The molecule has 56 valence electrons. The summed E-state index contributed by atoms with van der Waals surface area (Å²) in [4.78, 5) is 31.8. The van der Waals surface area contributed by atoms with Gasteiger partial charge in [0.15, 0.2) is 0 Å². The van der Waals surface area contributed by atoms with Gasteiger partial charge in [-0.25, -0.2) is 0 Å². The van der Waals surface area contributed by atoms with Crippen LogP contribution in [0.1, 0.15) is 0 Å². The summed E-state index contributed by atoms with van der Waals surface area (Å²) in [6.45, 7) is 0. The van der Waals surface area contributed by atoms with Crippen molar-refractivity contribution < 1.29 is 34.3 Å². The molecule has 0 atom stereocenters. The Balaban J connectivity index is -0.0000000910. The Labute approximate surface area is 87.9 Å². The second-order valence-corrected chi connectivity index (χ2v) is 1.99. The third-order valence-corrected chi connectivity index (χ3v) is 0. The zero-order chi connectivity index (χ0) is 8.08. The molecular formula is H5BCaO7Si. The molecule has 0 aromatic heterocycles. The molecule has 0 amide bonds. The first-order valence-electron chi connectivity index (χ1n) is 1.63. The third kappa shape index (κ3) is 397. The van der Waals surface area contributed by atoms with Crippen molar-refractivity contribution in [1.29, 1.82) is 0 Å². The molecule has 0 unspecified atom stereocenters. The van der Waals surface area contributed by atoms with Gasteiger partial charge in [0.1, 0.15) is 9.05 Å². The van der Waals surface area contributed by atoms with E-state index in [2.05, 4.69) is 0 Å². The molecule has 7 nitrogen and oxygen atoms in total. The molecule has 0 radical (unpaired) electrons. The largest absolute Gasteiger partial charge is 2.00 e. The van der Waals surface area contributed by atoms with Crippen LogP contribution in [0.3, 0.4) is 0 Å². The van der Waals surface area contributed by atoms with Crippen molar-refractivity contribution in [2.75, 3.05) is 0 Å². The molecule has 0 heterocycles. The maximum Gasteiger partial charge on any atom is 2.00 e. The van der Waals surface area contributed by atoms with E-state index in [1.165, 1.54) is 0 Å². The van der Waals surface area contributed by atoms with E-state index in [1.807, 2.05) is 0 Å². The van der Waals surface area contributed by atoms with Gasteiger partial charge in [-0.15, -0.1) is 0 Å². The quantitative estimate of drug-likeness (QED) is 0.242. The molecule has 0 rings (SSSR count). The first-order valence-corrected chi connectivity index (χ1v) is 3.34. The van der Waals surface area contributed by atoms with Crippen LogP contribution in [0, 0.1) is 0 Å². The topological polar surface area (TPSA) is 147 Å². The standard InChI is InChI=1S/BH3O3.Ca.H2O4Si/c2-1(3)4;;1-5(2,3)4/h2-4H;;1-2H/q;+2;-2. The minimum Gasteiger partial charge on any atom is -0.828 e. The first-order chi connectivity index (χ1) is 3.73. The zero-order valence-electron chi connectivity index (χ0n) is 4.84. The molecule has 0 spiro atoms. The van der Waals surface area contributed by atoms with Crippen molar-refractivity contribution in [1.82, 2.24) is 0 Å². The smallest absolute Gasteiger partial charge is 0.828 e. The summed E-state index contributed by atoms with van der Waals surface area (Å²) < 4.78 is 0. The van der Waals surface area contributed by atoms with Crippen molar-refractivity contribution in [3.05, 3.63) is 0 Å². The molecule has 10 heavy (non-hydrogen) atoms. The van der Waals surface area contributed by atoms with Gasteiger partial charge in [-0.3, -0.25) is 0 Å². The predicted octanol–water partition coefficient (Wildman–Crippen LogP) is -6.31. The van der Waals surface area contributed by atoms with Gasteiger partial charge in [-0.2, -0.15) is 0 Å². The summed E-state index contributed by atoms with van der Waals surface area (Å²) in [7, 11) is -7.28. The molecule has 5 N–H and O–H groups in total. The van der Waals surface area contributed by atoms with E-state index in [9.17, 15) is 0 Å². The van der Waals surface area contributed by atoms with Gasteiger partial charge in [0.05, 0.1) is 0 Å². The monoisotopic (exact) mass is 196 g/mol. The second-order valence-electron chi connectivity index (χ2n) is 0.895. The molecule has 0 bridgehead atoms. The van der Waals surface area contributed by atoms with Gasteiger partial charge in [0, 0.05) is 0 Å². The van der Waals surface area contributed by atoms with Crippen molar-refractivity contribution in [2.45, 2.75) is 0 Å². The fourth-order valence-electron chi connectivity index (χ4n) is 0. The van der Waals surface area contributed by atoms with E-state index in [-0.39, 0.29) is 37.7 Å². The number of rotatable bonds is 0. The summed E-state index contributed by atoms with van der Waals surface area (Å²) >= 11 is 0. The minimum absolute atomic E-state index is 0. The molecule has 0 saturated carbocycles. The molecule has 0 aliphatic heterocycles. The Morgan fingerprint density at radius 2 is 1.00 bits per heavy atom. The fraction of sp³-hybridized carbons (Fsp3) is 0. The second kappa shape index (κ2) is 8.36. The average Bonchev–Trinajstić information content (AvgIpc) is 1.19. The molecule has 0 aliphatic rings. The first kappa shape index (κ1) is 17.4. The van der Waals surface area contributed by atoms with E-state index in [0.29, 0.717) is 0 Å². The molecule has 0 saturated heterocycles. The van der Waals surface area contributed by atoms with Crippen LogP contribution in [0.2, 0.25) is 0 Å². The van der Waals surface area contributed by atoms with Crippen LogP contribution in [0.25, 0.3) is 0 Å². The van der Waals surface area contributed by atoms with Crippen LogP contribution in [0.15, 0.2) is 0 Å². The summed E-state index contributed by atoms with van der Waals surface area (Å²) in [6.07, 6.45) is 0. The third-order valence-electron chi connectivity index (χ3n) is 0. The number of hydrogen-bond donors (Lipinski definition) is 5. The van der Waals surface area contributed by atoms with Crippen LogP contribution in [-0.2, 0) is 0 Å². The fourth-order valence-corrected chi connectivity index (χ4v) is 0. The molecule has 0 aliphatic carbocycles. The Bertz CT molecular complexity index is 50.4. The van der Waals surface area contributed by atoms with Crippen molar-refractivity contribution in [2.24, 2.45) is 0 Å². The summed E-state index contributed by atoms with van der Waals surface area (Å²) in [5, 5.41) is 21.5. The van der Waals surface area contributed by atoms with Gasteiger partial charge in [-0.1, -0.05) is 0 Å². The summed E-state index contributed by atoms with van der Waals surface area (Å²) in [5.74, 6) is 0. The molecule has 0 aromatic rings. The molecule has 0 aromatic carbocycles. The van der Waals surface area contributed by atoms with Crippen molar-refractivity contribution in [3.63, 3.8) is 0 Å². The van der Waals surface area contributed by atoms with Gasteiger partial charge in [0.25, 0.3) is 0 Å². The van der Waals surface area contributed by atoms with Gasteiger partial charge < -0.3 is 34.3 Å². The van der Waals surface area contributed by atoms with E-state index in [1.54, 1.807) is 0 Å². The molecule has 10 heteroatoms. The van der Waals surface area contributed by atoms with Gasteiger partial charge >= 0.3 is 45.1 Å². The van der Waals surface area contributed by atoms with Crippen molar-refractivity contribution >= 4 is 54.1 Å². The Morgan fingerprint density at radius 3 is 1.00 bits per heavy atom. The van der Waals surface area contributed by atoms with E-state index >= 15 is 0 Å². The van der Waals surface area contributed by atoms with E-state index in [4.69, 9.17) is 34.3 Å². The zero-order valence-corrected chi connectivity index (χ0v) is 8.05. The van der Waals surface area contributed by atoms with Crippen LogP contribution < -0.4 is 9.59 Å². The maximum absolute atomic E-state index is 8.80. The summed E-state index contributed by atoms with van der Waals surface area (Å²) in [5.41, 5.74) is 0.